The van der Waals surface area contributed by atoms with Gasteiger partial charge in [0.25, 0.3) is 0 Å². The van der Waals surface area contributed by atoms with Crippen LogP contribution in [0.1, 0.15) is 33.6 Å². The van der Waals surface area contributed by atoms with E-state index in [9.17, 15) is 0 Å². The highest BCUT2D eigenvalue weighted by Gasteiger charge is 2.01. The van der Waals surface area contributed by atoms with Crippen molar-refractivity contribution in [3.63, 3.8) is 0 Å². The molecule has 0 aromatic rings. The fourth-order valence-corrected chi connectivity index (χ4v) is 1.52. The normalized spacial score (nSPS) is 11.6. The van der Waals surface area contributed by atoms with E-state index in [-0.39, 0.29) is 0 Å². The zero-order valence-electron chi connectivity index (χ0n) is 10.9. The topological polar surface area (TPSA) is 24.5 Å². The maximum absolute atomic E-state index is 5.04. The van der Waals surface area contributed by atoms with Crippen LogP contribution in [0.4, 0.5) is 0 Å². The van der Waals surface area contributed by atoms with E-state index < -0.39 is 0 Å². The second-order valence-electron chi connectivity index (χ2n) is 4.24. The first-order chi connectivity index (χ1) is 7.20. The SMILES string of the molecule is CCN(CCCCOC)CCNC(C)C. The van der Waals surface area contributed by atoms with Gasteiger partial charge in [-0.2, -0.15) is 0 Å². The summed E-state index contributed by atoms with van der Waals surface area (Å²) >= 11 is 0. The molecule has 0 rings (SSSR count). The second-order valence-corrected chi connectivity index (χ2v) is 4.24. The summed E-state index contributed by atoms with van der Waals surface area (Å²) in [5.41, 5.74) is 0. The van der Waals surface area contributed by atoms with Crippen LogP contribution < -0.4 is 5.32 Å². The van der Waals surface area contributed by atoms with Crippen LogP contribution in [0.25, 0.3) is 0 Å². The average molecular weight is 216 g/mol. The van der Waals surface area contributed by atoms with Crippen LogP contribution in [0.5, 0.6) is 0 Å². The van der Waals surface area contributed by atoms with Crippen molar-refractivity contribution in [3.05, 3.63) is 0 Å². The molecule has 92 valence electrons. The highest BCUT2D eigenvalue weighted by Crippen LogP contribution is 1.95. The van der Waals surface area contributed by atoms with E-state index in [1.807, 2.05) is 0 Å². The van der Waals surface area contributed by atoms with E-state index in [2.05, 4.69) is 31.0 Å². The molecule has 0 heterocycles. The Labute approximate surface area is 95.2 Å². The number of rotatable bonds is 10. The molecule has 0 radical (unpaired) electrons. The van der Waals surface area contributed by atoms with E-state index in [1.54, 1.807) is 7.11 Å². The maximum Gasteiger partial charge on any atom is 0.0462 e. The number of hydrogen-bond acceptors (Lipinski definition) is 3. The van der Waals surface area contributed by atoms with E-state index in [4.69, 9.17) is 4.74 Å². The van der Waals surface area contributed by atoms with Crippen molar-refractivity contribution >= 4 is 0 Å². The third kappa shape index (κ3) is 10.2. The number of nitrogens with zero attached hydrogens (tertiary/aromatic N) is 1. The lowest BCUT2D eigenvalue weighted by molar-refractivity contribution is 0.184. The summed E-state index contributed by atoms with van der Waals surface area (Å²) in [6, 6.07) is 0.595. The van der Waals surface area contributed by atoms with Crippen LogP contribution in [0.2, 0.25) is 0 Å². The molecule has 3 nitrogen and oxygen atoms in total. The molecule has 0 aromatic heterocycles. The lowest BCUT2D eigenvalue weighted by atomic mass is 10.3. The summed E-state index contributed by atoms with van der Waals surface area (Å²) in [7, 11) is 1.77. The molecule has 0 fully saturated rings. The summed E-state index contributed by atoms with van der Waals surface area (Å²) in [6.45, 7) is 12.1. The standard InChI is InChI=1S/C12H28N2O/c1-5-14(9-6-7-11-15-4)10-8-13-12(2)3/h12-13H,5-11H2,1-4H3. The fraction of sp³-hybridized carbons (Fsp3) is 1.00. The van der Waals surface area contributed by atoms with Gasteiger partial charge in [0.2, 0.25) is 0 Å². The van der Waals surface area contributed by atoms with Crippen LogP contribution in [0.3, 0.4) is 0 Å². The van der Waals surface area contributed by atoms with Gasteiger partial charge in [0.05, 0.1) is 0 Å². The molecule has 0 unspecified atom stereocenters. The zero-order valence-corrected chi connectivity index (χ0v) is 10.9. The molecule has 0 saturated carbocycles. The highest BCUT2D eigenvalue weighted by molar-refractivity contribution is 4.60. The van der Waals surface area contributed by atoms with Crippen LogP contribution in [0, 0.1) is 0 Å². The summed E-state index contributed by atoms with van der Waals surface area (Å²) in [5, 5.41) is 3.45. The Bertz CT molecular complexity index is 129. The zero-order chi connectivity index (χ0) is 11.5. The Morgan fingerprint density at radius 2 is 1.93 bits per heavy atom. The Morgan fingerprint density at radius 3 is 2.47 bits per heavy atom. The molecular weight excluding hydrogens is 188 g/mol. The molecule has 0 aliphatic carbocycles. The van der Waals surface area contributed by atoms with Gasteiger partial charge in [0.1, 0.15) is 0 Å². The number of likely N-dealkylation sites (N-methyl/N-ethyl adjacent to an activating group) is 1. The summed E-state index contributed by atoms with van der Waals surface area (Å²) in [5.74, 6) is 0. The summed E-state index contributed by atoms with van der Waals surface area (Å²) in [6.07, 6.45) is 2.41. The van der Waals surface area contributed by atoms with Crippen molar-refractivity contribution in [1.29, 1.82) is 0 Å². The van der Waals surface area contributed by atoms with Gasteiger partial charge in [0, 0.05) is 32.8 Å². The monoisotopic (exact) mass is 216 g/mol. The molecular formula is C12H28N2O. The Balaban J connectivity index is 3.38. The minimum absolute atomic E-state index is 0.595. The summed E-state index contributed by atoms with van der Waals surface area (Å²) < 4.78 is 5.04. The van der Waals surface area contributed by atoms with Gasteiger partial charge in [-0.25, -0.2) is 0 Å². The quantitative estimate of drug-likeness (QED) is 0.563. The van der Waals surface area contributed by atoms with Crippen molar-refractivity contribution in [2.45, 2.75) is 39.7 Å². The second kappa shape index (κ2) is 10.4. The number of ether oxygens (including phenoxy) is 1. The molecule has 0 aromatic carbocycles. The van der Waals surface area contributed by atoms with Crippen molar-refractivity contribution in [3.8, 4) is 0 Å². The van der Waals surface area contributed by atoms with Crippen LogP contribution in [-0.2, 0) is 4.74 Å². The molecule has 1 N–H and O–H groups in total. The van der Waals surface area contributed by atoms with E-state index in [1.165, 1.54) is 19.4 Å². The van der Waals surface area contributed by atoms with Gasteiger partial charge in [-0.05, 0) is 25.9 Å². The van der Waals surface area contributed by atoms with Crippen molar-refractivity contribution < 1.29 is 4.74 Å². The van der Waals surface area contributed by atoms with Crippen molar-refractivity contribution in [2.24, 2.45) is 0 Å². The molecule has 0 bridgehead atoms. The molecule has 0 saturated heterocycles. The third-order valence-corrected chi connectivity index (χ3v) is 2.50. The molecule has 0 aliphatic rings. The van der Waals surface area contributed by atoms with Gasteiger partial charge < -0.3 is 15.0 Å². The number of unbranched alkanes of at least 4 members (excludes halogenated alkanes) is 1. The van der Waals surface area contributed by atoms with Crippen LogP contribution in [-0.4, -0.2) is 50.8 Å². The van der Waals surface area contributed by atoms with Crippen molar-refractivity contribution in [1.82, 2.24) is 10.2 Å². The first kappa shape index (κ1) is 14.9. The molecule has 0 aliphatic heterocycles. The Hall–Kier alpha value is -0.120. The minimum Gasteiger partial charge on any atom is -0.385 e. The van der Waals surface area contributed by atoms with Gasteiger partial charge in [0.15, 0.2) is 0 Å². The lowest BCUT2D eigenvalue weighted by Crippen LogP contribution is -2.35. The predicted octanol–water partition coefficient (Wildman–Crippen LogP) is 1.73. The van der Waals surface area contributed by atoms with Gasteiger partial charge in [-0.15, -0.1) is 0 Å². The Kier molecular flexibility index (Phi) is 10.3. The van der Waals surface area contributed by atoms with E-state index in [0.29, 0.717) is 6.04 Å². The number of nitrogens with one attached hydrogen (secondary N) is 1. The third-order valence-electron chi connectivity index (χ3n) is 2.50. The largest absolute Gasteiger partial charge is 0.385 e. The molecule has 0 amide bonds. The first-order valence-electron chi connectivity index (χ1n) is 6.15. The summed E-state index contributed by atoms with van der Waals surface area (Å²) in [4.78, 5) is 2.49. The van der Waals surface area contributed by atoms with Crippen molar-refractivity contribution in [2.75, 3.05) is 39.9 Å². The van der Waals surface area contributed by atoms with E-state index in [0.717, 1.165) is 26.2 Å². The predicted molar refractivity (Wildman–Crippen MR) is 66.4 cm³/mol. The molecule has 15 heavy (non-hydrogen) atoms. The van der Waals surface area contributed by atoms with Gasteiger partial charge in [-0.1, -0.05) is 20.8 Å². The van der Waals surface area contributed by atoms with Gasteiger partial charge in [-0.3, -0.25) is 0 Å². The first-order valence-corrected chi connectivity index (χ1v) is 6.15. The Morgan fingerprint density at radius 1 is 1.20 bits per heavy atom. The molecule has 0 spiro atoms. The van der Waals surface area contributed by atoms with E-state index >= 15 is 0 Å². The number of hydrogen-bond donors (Lipinski definition) is 1. The minimum atomic E-state index is 0.595. The smallest absolute Gasteiger partial charge is 0.0462 e. The maximum atomic E-state index is 5.04. The highest BCUT2D eigenvalue weighted by atomic mass is 16.5. The molecule has 3 heteroatoms. The van der Waals surface area contributed by atoms with Gasteiger partial charge >= 0.3 is 0 Å². The number of methoxy groups -OCH3 is 1. The fourth-order valence-electron chi connectivity index (χ4n) is 1.52. The van der Waals surface area contributed by atoms with Crippen LogP contribution >= 0.6 is 0 Å². The van der Waals surface area contributed by atoms with Crippen LogP contribution in [0.15, 0.2) is 0 Å². The molecule has 0 atom stereocenters. The lowest BCUT2D eigenvalue weighted by Gasteiger charge is -2.21. The average Bonchev–Trinajstić information content (AvgIpc) is 2.21.